The number of rotatable bonds is 6. The lowest BCUT2D eigenvalue weighted by Gasteiger charge is -2.12. The molecule has 3 rings (SSSR count). The molecule has 0 saturated carbocycles. The van der Waals surface area contributed by atoms with Gasteiger partial charge in [-0.3, -0.25) is 0 Å². The molecule has 0 saturated heterocycles. The van der Waals surface area contributed by atoms with Crippen LogP contribution >= 0.6 is 23.2 Å². The number of hydrogen-bond donors (Lipinski definition) is 2. The Morgan fingerprint density at radius 3 is 2.38 bits per heavy atom. The summed E-state index contributed by atoms with van der Waals surface area (Å²) in [6.07, 6.45) is 1.49. The van der Waals surface area contributed by atoms with E-state index in [1.165, 1.54) is 6.20 Å². The number of ether oxygens (including phenoxy) is 2. The number of hydrogen-bond acceptors (Lipinski definition) is 7. The topological polar surface area (TPSA) is 81.2 Å². The minimum Gasteiger partial charge on any atom is -0.497 e. The van der Waals surface area contributed by atoms with E-state index in [0.717, 1.165) is 0 Å². The van der Waals surface area contributed by atoms with Crippen LogP contribution < -0.4 is 20.1 Å². The second-order valence-corrected chi connectivity index (χ2v) is 6.01. The van der Waals surface area contributed by atoms with Crippen LogP contribution in [0.3, 0.4) is 0 Å². The third kappa shape index (κ3) is 4.44. The minimum absolute atomic E-state index is 0.287. The van der Waals surface area contributed by atoms with Crippen LogP contribution in [-0.4, -0.2) is 29.4 Å². The zero-order valence-corrected chi connectivity index (χ0v) is 15.5. The molecule has 0 aliphatic carbocycles. The molecule has 0 unspecified atom stereocenters. The van der Waals surface area contributed by atoms with E-state index < -0.39 is 0 Å². The number of anilines is 4. The molecule has 0 radical (unpaired) electrons. The van der Waals surface area contributed by atoms with Crippen LogP contribution in [0, 0.1) is 0 Å². The molecular weight excluding hydrogens is 377 g/mol. The van der Waals surface area contributed by atoms with Gasteiger partial charge in [-0.2, -0.15) is 10.1 Å². The van der Waals surface area contributed by atoms with Crippen molar-refractivity contribution in [2.45, 2.75) is 0 Å². The van der Waals surface area contributed by atoms with Crippen molar-refractivity contribution in [1.29, 1.82) is 0 Å². The lowest BCUT2D eigenvalue weighted by atomic mass is 10.2. The van der Waals surface area contributed by atoms with Gasteiger partial charge >= 0.3 is 0 Å². The largest absolute Gasteiger partial charge is 0.497 e. The normalized spacial score (nSPS) is 10.3. The Labute approximate surface area is 160 Å². The molecule has 0 aliphatic heterocycles. The molecule has 0 amide bonds. The SMILES string of the molecule is COc1ccc(OC)c(Nc2nncc(Nc3cc(Cl)cc(Cl)c3)n2)c1. The van der Waals surface area contributed by atoms with Crippen molar-refractivity contribution in [3.63, 3.8) is 0 Å². The predicted molar refractivity (Wildman–Crippen MR) is 102 cm³/mol. The zero-order chi connectivity index (χ0) is 18.5. The van der Waals surface area contributed by atoms with Crippen molar-refractivity contribution in [1.82, 2.24) is 15.2 Å². The van der Waals surface area contributed by atoms with Crippen LogP contribution in [0.5, 0.6) is 11.5 Å². The van der Waals surface area contributed by atoms with Crippen LogP contribution in [0.2, 0.25) is 10.0 Å². The Balaban J connectivity index is 1.83. The first-order valence-electron chi connectivity index (χ1n) is 7.49. The predicted octanol–water partition coefficient (Wildman–Crippen LogP) is 4.68. The molecule has 0 fully saturated rings. The maximum absolute atomic E-state index is 6.01. The molecular formula is C17H15Cl2N5O2. The van der Waals surface area contributed by atoms with E-state index >= 15 is 0 Å². The van der Waals surface area contributed by atoms with Crippen LogP contribution in [0.15, 0.2) is 42.6 Å². The fourth-order valence-corrected chi connectivity index (χ4v) is 2.75. The second kappa shape index (κ2) is 8.07. The average Bonchev–Trinajstić information content (AvgIpc) is 2.61. The van der Waals surface area contributed by atoms with Gasteiger partial charge in [0.2, 0.25) is 5.95 Å². The number of halogens is 2. The highest BCUT2D eigenvalue weighted by Gasteiger charge is 2.09. The summed E-state index contributed by atoms with van der Waals surface area (Å²) in [6, 6.07) is 10.5. The van der Waals surface area contributed by atoms with Gasteiger partial charge in [-0.05, 0) is 30.3 Å². The van der Waals surface area contributed by atoms with Gasteiger partial charge in [0.25, 0.3) is 0 Å². The van der Waals surface area contributed by atoms with Crippen molar-refractivity contribution < 1.29 is 9.47 Å². The van der Waals surface area contributed by atoms with E-state index in [1.54, 1.807) is 50.6 Å². The van der Waals surface area contributed by atoms with Crippen LogP contribution in [-0.2, 0) is 0 Å². The molecule has 9 heteroatoms. The summed E-state index contributed by atoms with van der Waals surface area (Å²) in [6.45, 7) is 0. The summed E-state index contributed by atoms with van der Waals surface area (Å²) >= 11 is 12.0. The monoisotopic (exact) mass is 391 g/mol. The van der Waals surface area contributed by atoms with Crippen LogP contribution in [0.1, 0.15) is 0 Å². The molecule has 0 atom stereocenters. The van der Waals surface area contributed by atoms with Gasteiger partial charge in [0.1, 0.15) is 11.5 Å². The molecule has 3 aromatic rings. The standard InChI is InChI=1S/C17H15Cl2N5O2/c1-25-13-3-4-15(26-2)14(8-13)22-17-23-16(9-20-24-17)21-12-6-10(18)5-11(19)7-12/h3-9H,1-2H3,(H2,21,22,23,24). The van der Waals surface area contributed by atoms with Gasteiger partial charge in [-0.1, -0.05) is 23.2 Å². The summed E-state index contributed by atoms with van der Waals surface area (Å²) < 4.78 is 10.6. The highest BCUT2D eigenvalue weighted by molar-refractivity contribution is 6.35. The van der Waals surface area contributed by atoms with E-state index in [0.29, 0.717) is 38.7 Å². The Bertz CT molecular complexity index is 903. The number of nitrogens with zero attached hydrogens (tertiary/aromatic N) is 3. The molecule has 0 aliphatic rings. The summed E-state index contributed by atoms with van der Waals surface area (Å²) in [7, 11) is 3.16. The first-order valence-corrected chi connectivity index (χ1v) is 8.25. The highest BCUT2D eigenvalue weighted by Crippen LogP contribution is 2.31. The summed E-state index contributed by atoms with van der Waals surface area (Å²) in [4.78, 5) is 4.38. The molecule has 134 valence electrons. The van der Waals surface area contributed by atoms with E-state index in [4.69, 9.17) is 32.7 Å². The molecule has 0 bridgehead atoms. The fourth-order valence-electron chi connectivity index (χ4n) is 2.22. The Morgan fingerprint density at radius 2 is 1.69 bits per heavy atom. The van der Waals surface area contributed by atoms with Crippen LogP contribution in [0.25, 0.3) is 0 Å². The minimum atomic E-state index is 0.287. The molecule has 1 heterocycles. The number of aromatic nitrogens is 3. The van der Waals surface area contributed by atoms with E-state index in [9.17, 15) is 0 Å². The molecule has 1 aromatic heterocycles. The number of benzene rings is 2. The Hall–Kier alpha value is -2.77. The Kier molecular flexibility index (Phi) is 5.60. The van der Waals surface area contributed by atoms with Gasteiger partial charge < -0.3 is 20.1 Å². The molecule has 7 nitrogen and oxygen atoms in total. The van der Waals surface area contributed by atoms with Crippen molar-refractivity contribution in [2.75, 3.05) is 24.9 Å². The number of methoxy groups -OCH3 is 2. The first-order chi connectivity index (χ1) is 12.6. The third-order valence-corrected chi connectivity index (χ3v) is 3.78. The second-order valence-electron chi connectivity index (χ2n) is 5.14. The average molecular weight is 392 g/mol. The quantitative estimate of drug-likeness (QED) is 0.630. The lowest BCUT2D eigenvalue weighted by Crippen LogP contribution is -2.03. The van der Waals surface area contributed by atoms with Gasteiger partial charge in [-0.15, -0.1) is 5.10 Å². The molecule has 2 N–H and O–H groups in total. The maximum atomic E-state index is 6.01. The molecule has 26 heavy (non-hydrogen) atoms. The third-order valence-electron chi connectivity index (χ3n) is 3.35. The van der Waals surface area contributed by atoms with E-state index in [1.807, 2.05) is 0 Å². The Morgan fingerprint density at radius 1 is 0.923 bits per heavy atom. The van der Waals surface area contributed by atoms with E-state index in [-0.39, 0.29) is 5.95 Å². The fraction of sp³-hybridized carbons (Fsp3) is 0.118. The first kappa shape index (κ1) is 18.0. The van der Waals surface area contributed by atoms with Crippen molar-refractivity contribution >= 4 is 46.3 Å². The van der Waals surface area contributed by atoms with Crippen molar-refractivity contribution in [3.05, 3.63) is 52.6 Å². The summed E-state index contributed by atoms with van der Waals surface area (Å²) in [5.41, 5.74) is 1.34. The highest BCUT2D eigenvalue weighted by atomic mass is 35.5. The zero-order valence-electron chi connectivity index (χ0n) is 14.0. The van der Waals surface area contributed by atoms with Gasteiger partial charge in [-0.25, -0.2) is 0 Å². The van der Waals surface area contributed by atoms with Gasteiger partial charge in [0.15, 0.2) is 5.82 Å². The lowest BCUT2D eigenvalue weighted by molar-refractivity contribution is 0.405. The smallest absolute Gasteiger partial charge is 0.249 e. The van der Waals surface area contributed by atoms with Crippen molar-refractivity contribution in [3.8, 4) is 11.5 Å². The number of nitrogens with one attached hydrogen (secondary N) is 2. The van der Waals surface area contributed by atoms with Gasteiger partial charge in [0, 0.05) is 21.8 Å². The maximum Gasteiger partial charge on any atom is 0.249 e. The van der Waals surface area contributed by atoms with Crippen LogP contribution in [0.4, 0.5) is 23.1 Å². The molecule has 0 spiro atoms. The molecule has 2 aromatic carbocycles. The summed E-state index contributed by atoms with van der Waals surface area (Å²) in [5.74, 6) is 2.05. The van der Waals surface area contributed by atoms with E-state index in [2.05, 4.69) is 25.8 Å². The van der Waals surface area contributed by atoms with Crippen molar-refractivity contribution in [2.24, 2.45) is 0 Å². The summed E-state index contributed by atoms with van der Waals surface area (Å²) in [5, 5.41) is 15.1. The van der Waals surface area contributed by atoms with Gasteiger partial charge in [0.05, 0.1) is 26.1 Å².